The minimum Gasteiger partial charge on any atom is -0.493 e. The van der Waals surface area contributed by atoms with Crippen molar-refractivity contribution in [2.45, 2.75) is 63.2 Å². The summed E-state index contributed by atoms with van der Waals surface area (Å²) in [7, 11) is 0. The molecule has 1 amide bonds. The summed E-state index contributed by atoms with van der Waals surface area (Å²) in [5.41, 5.74) is 9.68. The van der Waals surface area contributed by atoms with Crippen LogP contribution < -0.4 is 20.9 Å². The van der Waals surface area contributed by atoms with Crippen molar-refractivity contribution in [2.75, 3.05) is 19.7 Å². The molecule has 4 aliphatic rings. The van der Waals surface area contributed by atoms with Gasteiger partial charge in [0.15, 0.2) is 0 Å². The Labute approximate surface area is 199 Å². The molecule has 0 bridgehead atoms. The van der Waals surface area contributed by atoms with Gasteiger partial charge in [-0.25, -0.2) is 10.4 Å². The van der Waals surface area contributed by atoms with Gasteiger partial charge in [-0.15, -0.1) is 11.3 Å². The second-order valence-corrected chi connectivity index (χ2v) is 11.0. The topological polar surface area (TPSA) is 78.5 Å². The van der Waals surface area contributed by atoms with E-state index in [1.807, 2.05) is 11.6 Å². The van der Waals surface area contributed by atoms with Gasteiger partial charge in [0.05, 0.1) is 19.2 Å². The fourth-order valence-corrected chi connectivity index (χ4v) is 6.84. The van der Waals surface area contributed by atoms with E-state index < -0.39 is 0 Å². The van der Waals surface area contributed by atoms with Crippen LogP contribution in [0.4, 0.5) is 0 Å². The number of amides is 1. The van der Waals surface area contributed by atoms with Crippen molar-refractivity contribution in [1.82, 2.24) is 26.1 Å². The maximum Gasteiger partial charge on any atom is 0.223 e. The molecular formula is C25H33N5O2S. The lowest BCUT2D eigenvalue weighted by molar-refractivity contribution is -0.127. The average molecular weight is 468 g/mol. The number of ether oxygens (including phenoxy) is 1. The third-order valence-corrected chi connectivity index (χ3v) is 8.65. The molecule has 0 radical (unpaired) electrons. The van der Waals surface area contributed by atoms with Gasteiger partial charge in [0.2, 0.25) is 5.91 Å². The van der Waals surface area contributed by atoms with Gasteiger partial charge < -0.3 is 10.1 Å². The van der Waals surface area contributed by atoms with Crippen molar-refractivity contribution < 1.29 is 9.53 Å². The number of carbonyl (C=O) groups excluding carboxylic acids is 1. The van der Waals surface area contributed by atoms with Crippen LogP contribution in [0.3, 0.4) is 0 Å². The Kier molecular flexibility index (Phi) is 6.09. The first-order valence-electron chi connectivity index (χ1n) is 12.4. The minimum atomic E-state index is 0.0996. The fraction of sp³-hybridized carbons (Fsp3) is 0.600. The molecule has 8 heteroatoms. The molecule has 1 saturated carbocycles. The first-order valence-corrected chi connectivity index (χ1v) is 13.3. The molecule has 6 rings (SSSR count). The molecule has 5 atom stereocenters. The molecule has 4 heterocycles. The van der Waals surface area contributed by atoms with Gasteiger partial charge in [0.1, 0.15) is 10.8 Å². The van der Waals surface area contributed by atoms with Crippen molar-refractivity contribution in [3.63, 3.8) is 0 Å². The third kappa shape index (κ3) is 4.54. The van der Waals surface area contributed by atoms with E-state index in [0.29, 0.717) is 12.0 Å². The molecule has 33 heavy (non-hydrogen) atoms. The molecule has 4 unspecified atom stereocenters. The van der Waals surface area contributed by atoms with E-state index in [0.717, 1.165) is 75.5 Å². The Hall–Kier alpha value is -2.00. The van der Waals surface area contributed by atoms with Gasteiger partial charge in [-0.2, -0.15) is 0 Å². The summed E-state index contributed by atoms with van der Waals surface area (Å²) >= 11 is 1.71. The molecule has 1 aromatic carbocycles. The molecule has 0 spiro atoms. The Morgan fingerprint density at radius 3 is 3.15 bits per heavy atom. The zero-order valence-corrected chi connectivity index (χ0v) is 19.8. The minimum absolute atomic E-state index is 0.0996. The summed E-state index contributed by atoms with van der Waals surface area (Å²) in [5.74, 6) is 1.81. The summed E-state index contributed by atoms with van der Waals surface area (Å²) in [4.78, 5) is 20.1. The van der Waals surface area contributed by atoms with E-state index in [2.05, 4.69) is 44.3 Å². The quantitative estimate of drug-likeness (QED) is 0.628. The van der Waals surface area contributed by atoms with Crippen LogP contribution in [-0.2, 0) is 17.8 Å². The highest BCUT2D eigenvalue weighted by atomic mass is 32.1. The van der Waals surface area contributed by atoms with Gasteiger partial charge in [0.25, 0.3) is 0 Å². The fourth-order valence-electron chi connectivity index (χ4n) is 6.18. The highest BCUT2D eigenvalue weighted by Gasteiger charge is 2.43. The Morgan fingerprint density at radius 2 is 2.24 bits per heavy atom. The first kappa shape index (κ1) is 21.5. The van der Waals surface area contributed by atoms with Crippen molar-refractivity contribution in [2.24, 2.45) is 11.8 Å². The Morgan fingerprint density at radius 1 is 1.27 bits per heavy atom. The highest BCUT2D eigenvalue weighted by Crippen LogP contribution is 2.41. The summed E-state index contributed by atoms with van der Waals surface area (Å²) in [6.07, 6.45) is 8.00. The van der Waals surface area contributed by atoms with E-state index in [4.69, 9.17) is 4.74 Å². The first-order chi connectivity index (χ1) is 16.2. The van der Waals surface area contributed by atoms with E-state index >= 15 is 0 Å². The number of hydrogen-bond acceptors (Lipinski definition) is 7. The second-order valence-electron chi connectivity index (χ2n) is 10.0. The van der Waals surface area contributed by atoms with Crippen LogP contribution in [0, 0.1) is 11.8 Å². The Bertz CT molecular complexity index is 983. The highest BCUT2D eigenvalue weighted by molar-refractivity contribution is 7.09. The predicted octanol–water partition coefficient (Wildman–Crippen LogP) is 2.79. The number of likely N-dealkylation sites (tertiary alicyclic amines) is 1. The number of piperidine rings is 1. The number of aromatic nitrogens is 1. The van der Waals surface area contributed by atoms with E-state index in [9.17, 15) is 4.79 Å². The molecule has 2 aromatic rings. The van der Waals surface area contributed by atoms with Crippen molar-refractivity contribution >= 4 is 17.2 Å². The van der Waals surface area contributed by atoms with E-state index in [1.165, 1.54) is 11.1 Å². The molecule has 1 aliphatic carbocycles. The molecule has 3 aliphatic heterocycles. The van der Waals surface area contributed by atoms with Crippen LogP contribution in [0.25, 0.3) is 0 Å². The summed E-state index contributed by atoms with van der Waals surface area (Å²) in [5, 5.41) is 6.60. The number of carbonyl (C=O) groups is 1. The zero-order chi connectivity index (χ0) is 22.2. The number of nitrogens with one attached hydrogen (secondary N) is 3. The van der Waals surface area contributed by atoms with Crippen molar-refractivity contribution in [1.29, 1.82) is 0 Å². The lowest BCUT2D eigenvalue weighted by atomic mass is 9.74. The number of hydrazine groups is 1. The average Bonchev–Trinajstić information content (AvgIpc) is 3.59. The largest absolute Gasteiger partial charge is 0.493 e. The molecular weight excluding hydrogens is 434 g/mol. The Balaban J connectivity index is 1.07. The van der Waals surface area contributed by atoms with Gasteiger partial charge in [-0.1, -0.05) is 12.1 Å². The van der Waals surface area contributed by atoms with Crippen LogP contribution in [0.5, 0.6) is 5.75 Å². The lowest BCUT2D eigenvalue weighted by Gasteiger charge is -2.36. The molecule has 176 valence electrons. The van der Waals surface area contributed by atoms with Crippen LogP contribution in [0.15, 0.2) is 29.8 Å². The van der Waals surface area contributed by atoms with Crippen molar-refractivity contribution in [3.05, 3.63) is 45.9 Å². The molecule has 3 fully saturated rings. The summed E-state index contributed by atoms with van der Waals surface area (Å²) in [6, 6.07) is 7.53. The predicted molar refractivity (Wildman–Crippen MR) is 128 cm³/mol. The van der Waals surface area contributed by atoms with Gasteiger partial charge in [0, 0.05) is 42.5 Å². The summed E-state index contributed by atoms with van der Waals surface area (Å²) < 4.78 is 5.68. The van der Waals surface area contributed by atoms with Crippen LogP contribution >= 0.6 is 11.3 Å². The van der Waals surface area contributed by atoms with Crippen LogP contribution in [-0.4, -0.2) is 47.6 Å². The smallest absolute Gasteiger partial charge is 0.223 e. The SMILES string of the molecule is O=C(N[C@@H]1CCCN(Cc2nccs2)C1)C1CCC2NNC(c3ccc4c(c3)CCO4)C2C1. The number of rotatable bonds is 5. The molecule has 7 nitrogen and oxygen atoms in total. The number of benzene rings is 1. The van der Waals surface area contributed by atoms with E-state index in [-0.39, 0.29) is 23.9 Å². The molecule has 1 aromatic heterocycles. The maximum absolute atomic E-state index is 13.3. The number of thiazole rings is 1. The summed E-state index contributed by atoms with van der Waals surface area (Å²) in [6.45, 7) is 3.69. The molecule has 3 N–H and O–H groups in total. The maximum atomic E-state index is 13.3. The number of nitrogens with zero attached hydrogens (tertiary/aromatic N) is 2. The third-order valence-electron chi connectivity index (χ3n) is 7.89. The van der Waals surface area contributed by atoms with Crippen molar-refractivity contribution in [3.8, 4) is 5.75 Å². The van der Waals surface area contributed by atoms with Crippen LogP contribution in [0.2, 0.25) is 0 Å². The van der Waals surface area contributed by atoms with Gasteiger partial charge in [-0.05, 0) is 61.8 Å². The van der Waals surface area contributed by atoms with Gasteiger partial charge >= 0.3 is 0 Å². The normalized spacial score (nSPS) is 31.6. The number of fused-ring (bicyclic) bond motifs is 2. The standard InChI is InChI=1S/C25H33N5O2S/c31-25(27-19-2-1-9-30(14-19)15-23-26-8-11-33-23)18-3-5-21-20(13-18)24(29-28-21)17-4-6-22-16(12-17)7-10-32-22/h4,6,8,11-12,18-21,24,28-29H,1-3,5,7,9-10,13-15H2,(H,27,31)/t18?,19-,20?,21?,24?/m1/s1. The second kappa shape index (κ2) is 9.33. The molecule has 2 saturated heterocycles. The zero-order valence-electron chi connectivity index (χ0n) is 19.0. The van der Waals surface area contributed by atoms with E-state index in [1.54, 1.807) is 11.3 Å². The van der Waals surface area contributed by atoms with Gasteiger partial charge in [-0.3, -0.25) is 15.1 Å². The van der Waals surface area contributed by atoms with Crippen LogP contribution in [0.1, 0.15) is 54.3 Å². The lowest BCUT2D eigenvalue weighted by Crippen LogP contribution is -2.50. The monoisotopic (exact) mass is 467 g/mol. The number of hydrogen-bond donors (Lipinski definition) is 3.